The summed E-state index contributed by atoms with van der Waals surface area (Å²) in [5.74, 6) is 0. The number of nitrogens with zero attached hydrogens (tertiary/aromatic N) is 2. The van der Waals surface area contributed by atoms with E-state index in [0.29, 0.717) is 0 Å². The molecule has 0 aliphatic rings. The minimum Gasteiger partial charge on any atom is -0.311 e. The van der Waals surface area contributed by atoms with Crippen molar-refractivity contribution in [2.75, 3.05) is 27.2 Å². The number of thiazole rings is 1. The minimum atomic E-state index is 0.901. The zero-order chi connectivity index (χ0) is 10.4. The maximum Gasteiger partial charge on any atom is 0.0897 e. The van der Waals surface area contributed by atoms with Crippen LogP contribution < -0.4 is 5.32 Å². The fourth-order valence-corrected chi connectivity index (χ4v) is 1.84. The molecule has 0 aliphatic carbocycles. The van der Waals surface area contributed by atoms with Crippen LogP contribution in [0.5, 0.6) is 0 Å². The molecule has 0 aromatic carbocycles. The molecule has 0 fully saturated rings. The standard InChI is InChI=1S/C10H19N3S/c1-9-12-10(8-14-9)7-11-5-4-6-13(2)3/h8,11H,4-7H2,1-3H3. The van der Waals surface area contributed by atoms with Crippen LogP contribution in [0.2, 0.25) is 0 Å². The molecule has 0 amide bonds. The Morgan fingerprint density at radius 2 is 2.29 bits per heavy atom. The molecular formula is C10H19N3S. The summed E-state index contributed by atoms with van der Waals surface area (Å²) in [7, 11) is 4.20. The summed E-state index contributed by atoms with van der Waals surface area (Å²) in [6.45, 7) is 5.15. The monoisotopic (exact) mass is 213 g/mol. The summed E-state index contributed by atoms with van der Waals surface area (Å²) in [4.78, 5) is 6.59. The third kappa shape index (κ3) is 4.69. The number of nitrogens with one attached hydrogen (secondary N) is 1. The Kier molecular flexibility index (Phi) is 5.07. The van der Waals surface area contributed by atoms with Gasteiger partial charge in [0.1, 0.15) is 0 Å². The van der Waals surface area contributed by atoms with Crippen LogP contribution in [-0.4, -0.2) is 37.1 Å². The average molecular weight is 213 g/mol. The second-order valence-electron chi connectivity index (χ2n) is 3.69. The van der Waals surface area contributed by atoms with Gasteiger partial charge in [-0.25, -0.2) is 4.98 Å². The van der Waals surface area contributed by atoms with Crippen molar-refractivity contribution in [2.45, 2.75) is 19.9 Å². The first-order chi connectivity index (χ1) is 6.68. The van der Waals surface area contributed by atoms with Gasteiger partial charge < -0.3 is 10.2 Å². The first kappa shape index (κ1) is 11.6. The molecule has 1 N–H and O–H groups in total. The van der Waals surface area contributed by atoms with Gasteiger partial charge in [0, 0.05) is 11.9 Å². The Hall–Kier alpha value is -0.450. The van der Waals surface area contributed by atoms with Gasteiger partial charge in [0.2, 0.25) is 0 Å². The molecule has 4 heteroatoms. The van der Waals surface area contributed by atoms with Crippen LogP contribution in [0, 0.1) is 6.92 Å². The Morgan fingerprint density at radius 1 is 1.50 bits per heavy atom. The predicted molar refractivity (Wildman–Crippen MR) is 61.7 cm³/mol. The van der Waals surface area contributed by atoms with Gasteiger partial charge >= 0.3 is 0 Å². The Labute approximate surface area is 90.2 Å². The zero-order valence-electron chi connectivity index (χ0n) is 9.21. The quantitative estimate of drug-likeness (QED) is 0.726. The van der Waals surface area contributed by atoms with Gasteiger partial charge in [-0.15, -0.1) is 11.3 Å². The van der Waals surface area contributed by atoms with Crippen LogP contribution in [0.3, 0.4) is 0 Å². The fraction of sp³-hybridized carbons (Fsp3) is 0.700. The summed E-state index contributed by atoms with van der Waals surface area (Å²) < 4.78 is 0. The van der Waals surface area contributed by atoms with E-state index in [-0.39, 0.29) is 0 Å². The van der Waals surface area contributed by atoms with Gasteiger partial charge in [-0.1, -0.05) is 0 Å². The molecule has 1 aromatic rings. The van der Waals surface area contributed by atoms with Crippen LogP contribution in [0.25, 0.3) is 0 Å². The molecule has 0 aliphatic heterocycles. The van der Waals surface area contributed by atoms with E-state index in [1.54, 1.807) is 11.3 Å². The lowest BCUT2D eigenvalue weighted by molar-refractivity contribution is 0.394. The van der Waals surface area contributed by atoms with E-state index in [9.17, 15) is 0 Å². The van der Waals surface area contributed by atoms with Crippen molar-refractivity contribution in [3.8, 4) is 0 Å². The van der Waals surface area contributed by atoms with Crippen LogP contribution in [0.15, 0.2) is 5.38 Å². The average Bonchev–Trinajstić information content (AvgIpc) is 2.50. The molecule has 0 spiro atoms. The number of rotatable bonds is 6. The van der Waals surface area contributed by atoms with E-state index >= 15 is 0 Å². The molecule has 1 aromatic heterocycles. The largest absolute Gasteiger partial charge is 0.311 e. The summed E-state index contributed by atoms with van der Waals surface area (Å²) >= 11 is 1.71. The van der Waals surface area contributed by atoms with E-state index in [4.69, 9.17) is 0 Å². The molecule has 1 rings (SSSR count). The molecule has 14 heavy (non-hydrogen) atoms. The Balaban J connectivity index is 2.04. The lowest BCUT2D eigenvalue weighted by Crippen LogP contribution is -2.21. The lowest BCUT2D eigenvalue weighted by atomic mass is 10.4. The van der Waals surface area contributed by atoms with Crippen molar-refractivity contribution in [1.82, 2.24) is 15.2 Å². The summed E-state index contributed by atoms with van der Waals surface area (Å²) in [6.07, 6.45) is 1.19. The third-order valence-electron chi connectivity index (χ3n) is 1.93. The SMILES string of the molecule is Cc1nc(CNCCCN(C)C)cs1. The van der Waals surface area contributed by atoms with E-state index in [1.807, 2.05) is 6.92 Å². The van der Waals surface area contributed by atoms with Crippen molar-refractivity contribution in [3.05, 3.63) is 16.1 Å². The van der Waals surface area contributed by atoms with E-state index in [2.05, 4.69) is 34.7 Å². The van der Waals surface area contributed by atoms with Crippen LogP contribution >= 0.6 is 11.3 Å². The van der Waals surface area contributed by atoms with Crippen molar-refractivity contribution in [3.63, 3.8) is 0 Å². The highest BCUT2D eigenvalue weighted by atomic mass is 32.1. The number of hydrogen-bond acceptors (Lipinski definition) is 4. The topological polar surface area (TPSA) is 28.2 Å². The highest BCUT2D eigenvalue weighted by Gasteiger charge is 1.97. The molecule has 0 saturated heterocycles. The first-order valence-electron chi connectivity index (χ1n) is 4.95. The minimum absolute atomic E-state index is 0.901. The van der Waals surface area contributed by atoms with Crippen molar-refractivity contribution < 1.29 is 0 Å². The van der Waals surface area contributed by atoms with Crippen molar-refractivity contribution in [2.24, 2.45) is 0 Å². The van der Waals surface area contributed by atoms with Gasteiger partial charge in [-0.2, -0.15) is 0 Å². The second kappa shape index (κ2) is 6.11. The summed E-state index contributed by atoms with van der Waals surface area (Å²) in [5, 5.41) is 6.66. The Morgan fingerprint density at radius 3 is 2.86 bits per heavy atom. The normalized spacial score (nSPS) is 11.1. The maximum absolute atomic E-state index is 4.39. The van der Waals surface area contributed by atoms with Gasteiger partial charge in [0.05, 0.1) is 10.7 Å². The van der Waals surface area contributed by atoms with E-state index in [0.717, 1.165) is 30.3 Å². The fourth-order valence-electron chi connectivity index (χ4n) is 1.23. The molecule has 0 unspecified atom stereocenters. The smallest absolute Gasteiger partial charge is 0.0897 e. The Bertz CT molecular complexity index is 258. The van der Waals surface area contributed by atoms with Gasteiger partial charge in [-0.3, -0.25) is 0 Å². The highest BCUT2D eigenvalue weighted by molar-refractivity contribution is 7.09. The molecule has 0 saturated carbocycles. The van der Waals surface area contributed by atoms with Crippen LogP contribution in [-0.2, 0) is 6.54 Å². The van der Waals surface area contributed by atoms with Crippen LogP contribution in [0.4, 0.5) is 0 Å². The molecule has 0 bridgehead atoms. The maximum atomic E-state index is 4.39. The summed E-state index contributed by atoms with van der Waals surface area (Å²) in [6, 6.07) is 0. The van der Waals surface area contributed by atoms with Gasteiger partial charge in [-0.05, 0) is 40.5 Å². The molecular weight excluding hydrogens is 194 g/mol. The number of hydrogen-bond donors (Lipinski definition) is 1. The third-order valence-corrected chi connectivity index (χ3v) is 2.75. The second-order valence-corrected chi connectivity index (χ2v) is 4.75. The molecule has 0 atom stereocenters. The molecule has 3 nitrogen and oxygen atoms in total. The van der Waals surface area contributed by atoms with E-state index < -0.39 is 0 Å². The highest BCUT2D eigenvalue weighted by Crippen LogP contribution is 2.06. The van der Waals surface area contributed by atoms with Crippen molar-refractivity contribution in [1.29, 1.82) is 0 Å². The predicted octanol–water partition coefficient (Wildman–Crippen LogP) is 1.49. The first-order valence-corrected chi connectivity index (χ1v) is 5.83. The molecule has 80 valence electrons. The molecule has 1 heterocycles. The number of aryl methyl sites for hydroxylation is 1. The van der Waals surface area contributed by atoms with Crippen LogP contribution in [0.1, 0.15) is 17.1 Å². The lowest BCUT2D eigenvalue weighted by Gasteiger charge is -2.08. The zero-order valence-corrected chi connectivity index (χ0v) is 10.0. The summed E-state index contributed by atoms with van der Waals surface area (Å²) in [5.41, 5.74) is 1.16. The van der Waals surface area contributed by atoms with Crippen molar-refractivity contribution >= 4 is 11.3 Å². The molecule has 0 radical (unpaired) electrons. The van der Waals surface area contributed by atoms with E-state index in [1.165, 1.54) is 6.42 Å². The number of aromatic nitrogens is 1. The van der Waals surface area contributed by atoms with Gasteiger partial charge in [0.25, 0.3) is 0 Å². The van der Waals surface area contributed by atoms with Gasteiger partial charge in [0.15, 0.2) is 0 Å².